The first-order valence-corrected chi connectivity index (χ1v) is 6.90. The molecule has 3 atom stereocenters. The third kappa shape index (κ3) is 3.34. The fourth-order valence-electron chi connectivity index (χ4n) is 2.28. The Bertz CT molecular complexity index is 191. The van der Waals surface area contributed by atoms with Gasteiger partial charge in [0, 0.05) is 30.0 Å². The van der Waals surface area contributed by atoms with Crippen LogP contribution in [0.15, 0.2) is 0 Å². The summed E-state index contributed by atoms with van der Waals surface area (Å²) < 4.78 is 0. The first kappa shape index (κ1) is 13.3. The van der Waals surface area contributed by atoms with Gasteiger partial charge in [-0.2, -0.15) is 11.8 Å². The summed E-state index contributed by atoms with van der Waals surface area (Å²) in [5.74, 6) is 1.25. The lowest BCUT2D eigenvalue weighted by atomic mass is 9.88. The van der Waals surface area contributed by atoms with Crippen LogP contribution in [0.4, 0.5) is 0 Å². The molecule has 4 heteroatoms. The zero-order chi connectivity index (χ0) is 11.3. The van der Waals surface area contributed by atoms with E-state index in [1.165, 1.54) is 12.2 Å². The average Bonchev–Trinajstić information content (AvgIpc) is 2.22. The van der Waals surface area contributed by atoms with Crippen molar-refractivity contribution in [3.8, 4) is 0 Å². The molecule has 0 aromatic heterocycles. The number of aliphatic hydroxyl groups is 1. The SMILES string of the molecule is CC(CCO)NC1(CN)CCCSC1C. The van der Waals surface area contributed by atoms with Gasteiger partial charge in [0.1, 0.15) is 0 Å². The van der Waals surface area contributed by atoms with Gasteiger partial charge in [0.05, 0.1) is 0 Å². The van der Waals surface area contributed by atoms with Gasteiger partial charge >= 0.3 is 0 Å². The van der Waals surface area contributed by atoms with Crippen LogP contribution in [0.3, 0.4) is 0 Å². The molecule has 1 aliphatic heterocycles. The Morgan fingerprint density at radius 1 is 1.67 bits per heavy atom. The Labute approximate surface area is 97.2 Å². The summed E-state index contributed by atoms with van der Waals surface area (Å²) in [6.07, 6.45) is 3.21. The van der Waals surface area contributed by atoms with E-state index in [0.29, 0.717) is 17.8 Å². The Morgan fingerprint density at radius 3 is 2.93 bits per heavy atom. The van der Waals surface area contributed by atoms with Gasteiger partial charge in [0.15, 0.2) is 0 Å². The van der Waals surface area contributed by atoms with Crippen LogP contribution in [-0.2, 0) is 0 Å². The fourth-order valence-corrected chi connectivity index (χ4v) is 3.55. The normalized spacial score (nSPS) is 34.0. The molecular weight excluding hydrogens is 208 g/mol. The highest BCUT2D eigenvalue weighted by atomic mass is 32.2. The largest absolute Gasteiger partial charge is 0.396 e. The van der Waals surface area contributed by atoms with Crippen molar-refractivity contribution in [2.45, 2.75) is 49.9 Å². The molecule has 3 unspecified atom stereocenters. The summed E-state index contributed by atoms with van der Waals surface area (Å²) in [7, 11) is 0. The third-order valence-electron chi connectivity index (χ3n) is 3.37. The average molecular weight is 232 g/mol. The van der Waals surface area contributed by atoms with Crippen LogP contribution < -0.4 is 11.1 Å². The molecule has 1 aliphatic rings. The molecule has 3 nitrogen and oxygen atoms in total. The van der Waals surface area contributed by atoms with Gasteiger partial charge < -0.3 is 16.2 Å². The topological polar surface area (TPSA) is 58.3 Å². The summed E-state index contributed by atoms with van der Waals surface area (Å²) in [5, 5.41) is 13.1. The quantitative estimate of drug-likeness (QED) is 0.661. The molecule has 1 rings (SSSR count). The van der Waals surface area contributed by atoms with Crippen LogP contribution in [0.25, 0.3) is 0 Å². The molecule has 90 valence electrons. The molecule has 1 saturated heterocycles. The minimum atomic E-state index is 0.0809. The van der Waals surface area contributed by atoms with E-state index < -0.39 is 0 Å². The lowest BCUT2D eigenvalue weighted by molar-refractivity contribution is 0.224. The van der Waals surface area contributed by atoms with Crippen LogP contribution in [0.5, 0.6) is 0 Å². The molecule has 0 aliphatic carbocycles. The fraction of sp³-hybridized carbons (Fsp3) is 1.00. The van der Waals surface area contributed by atoms with Crippen LogP contribution in [-0.4, -0.2) is 40.8 Å². The van der Waals surface area contributed by atoms with E-state index in [2.05, 4.69) is 19.2 Å². The first-order valence-electron chi connectivity index (χ1n) is 5.85. The van der Waals surface area contributed by atoms with Crippen molar-refractivity contribution in [2.24, 2.45) is 5.73 Å². The number of aliphatic hydroxyl groups excluding tert-OH is 1. The summed E-state index contributed by atoms with van der Waals surface area (Å²) in [5.41, 5.74) is 6.02. The van der Waals surface area contributed by atoms with Crippen molar-refractivity contribution in [2.75, 3.05) is 18.9 Å². The number of nitrogens with two attached hydrogens (primary N) is 1. The van der Waals surface area contributed by atoms with Crippen molar-refractivity contribution in [3.63, 3.8) is 0 Å². The van der Waals surface area contributed by atoms with Gasteiger partial charge in [0.25, 0.3) is 0 Å². The maximum atomic E-state index is 8.91. The summed E-state index contributed by atoms with van der Waals surface area (Å²) in [4.78, 5) is 0. The molecule has 0 aromatic carbocycles. The van der Waals surface area contributed by atoms with Crippen molar-refractivity contribution >= 4 is 11.8 Å². The zero-order valence-corrected chi connectivity index (χ0v) is 10.6. The number of thioether (sulfide) groups is 1. The van der Waals surface area contributed by atoms with Crippen molar-refractivity contribution in [1.82, 2.24) is 5.32 Å². The highest BCUT2D eigenvalue weighted by Gasteiger charge is 2.37. The van der Waals surface area contributed by atoms with E-state index >= 15 is 0 Å². The van der Waals surface area contributed by atoms with Crippen LogP contribution in [0, 0.1) is 0 Å². The number of hydrogen-bond donors (Lipinski definition) is 3. The highest BCUT2D eigenvalue weighted by molar-refractivity contribution is 8.00. The molecule has 0 aromatic rings. The molecule has 1 fully saturated rings. The zero-order valence-electron chi connectivity index (χ0n) is 9.83. The predicted molar refractivity (Wildman–Crippen MR) is 67.2 cm³/mol. The predicted octanol–water partition coefficient (Wildman–Crippen LogP) is 0.960. The van der Waals surface area contributed by atoms with Gasteiger partial charge in [-0.3, -0.25) is 0 Å². The van der Waals surface area contributed by atoms with E-state index in [4.69, 9.17) is 10.8 Å². The molecule has 0 radical (unpaired) electrons. The Balaban J connectivity index is 2.57. The minimum Gasteiger partial charge on any atom is -0.396 e. The first-order chi connectivity index (χ1) is 7.14. The van der Waals surface area contributed by atoms with Crippen LogP contribution in [0.1, 0.15) is 33.1 Å². The number of nitrogens with one attached hydrogen (secondary N) is 1. The molecule has 0 spiro atoms. The summed E-state index contributed by atoms with van der Waals surface area (Å²) in [6, 6.07) is 0.347. The molecule has 15 heavy (non-hydrogen) atoms. The second-order valence-electron chi connectivity index (χ2n) is 4.53. The second-order valence-corrected chi connectivity index (χ2v) is 5.98. The summed E-state index contributed by atoms with van der Waals surface area (Å²) >= 11 is 2.00. The number of rotatable bonds is 5. The Hall–Kier alpha value is 0.230. The van der Waals surface area contributed by atoms with E-state index in [-0.39, 0.29) is 12.1 Å². The van der Waals surface area contributed by atoms with Gasteiger partial charge in [0.2, 0.25) is 0 Å². The van der Waals surface area contributed by atoms with E-state index in [9.17, 15) is 0 Å². The molecule has 0 saturated carbocycles. The van der Waals surface area contributed by atoms with Gasteiger partial charge in [-0.15, -0.1) is 0 Å². The monoisotopic (exact) mass is 232 g/mol. The van der Waals surface area contributed by atoms with E-state index in [0.717, 1.165) is 12.8 Å². The molecule has 0 amide bonds. The van der Waals surface area contributed by atoms with Gasteiger partial charge in [-0.1, -0.05) is 6.92 Å². The van der Waals surface area contributed by atoms with Crippen molar-refractivity contribution < 1.29 is 5.11 Å². The van der Waals surface area contributed by atoms with Crippen LogP contribution in [0.2, 0.25) is 0 Å². The van der Waals surface area contributed by atoms with Crippen molar-refractivity contribution in [3.05, 3.63) is 0 Å². The Kier molecular flexibility index (Phi) is 5.39. The lowest BCUT2D eigenvalue weighted by Gasteiger charge is -2.44. The maximum Gasteiger partial charge on any atom is 0.0445 e. The lowest BCUT2D eigenvalue weighted by Crippen LogP contribution is -2.61. The highest BCUT2D eigenvalue weighted by Crippen LogP contribution is 2.33. The Morgan fingerprint density at radius 2 is 2.40 bits per heavy atom. The van der Waals surface area contributed by atoms with Crippen molar-refractivity contribution in [1.29, 1.82) is 0 Å². The van der Waals surface area contributed by atoms with Gasteiger partial charge in [-0.25, -0.2) is 0 Å². The second kappa shape index (κ2) is 6.09. The summed E-state index contributed by atoms with van der Waals surface area (Å²) in [6.45, 7) is 5.32. The smallest absolute Gasteiger partial charge is 0.0445 e. The van der Waals surface area contributed by atoms with E-state index in [1.807, 2.05) is 11.8 Å². The third-order valence-corrected chi connectivity index (χ3v) is 4.85. The molecule has 1 heterocycles. The van der Waals surface area contributed by atoms with Crippen LogP contribution >= 0.6 is 11.8 Å². The molecular formula is C11H24N2OS. The molecule has 0 bridgehead atoms. The number of hydrogen-bond acceptors (Lipinski definition) is 4. The maximum absolute atomic E-state index is 8.91. The standard InChI is InChI=1S/C11H24N2OS/c1-9(4-6-14)13-11(8-12)5-3-7-15-10(11)2/h9-10,13-14H,3-8,12H2,1-2H3. The molecule has 4 N–H and O–H groups in total. The van der Waals surface area contributed by atoms with E-state index in [1.54, 1.807) is 0 Å². The van der Waals surface area contributed by atoms with Gasteiger partial charge in [-0.05, 0) is 31.9 Å². The minimum absolute atomic E-state index is 0.0809.